The molecule has 5 nitrogen and oxygen atoms in total. The van der Waals surface area contributed by atoms with Gasteiger partial charge in [-0.15, -0.1) is 0 Å². The number of fused-ring (bicyclic) bond motifs is 1. The van der Waals surface area contributed by atoms with E-state index in [0.717, 1.165) is 44.3 Å². The molecule has 4 rings (SSSR count). The lowest BCUT2D eigenvalue weighted by atomic mass is 10.1. The molecule has 0 fully saturated rings. The Morgan fingerprint density at radius 2 is 1.73 bits per heavy atom. The van der Waals surface area contributed by atoms with Crippen molar-refractivity contribution in [3.05, 3.63) is 94.3 Å². The zero-order chi connectivity index (χ0) is 23.2. The lowest BCUT2D eigenvalue weighted by molar-refractivity contribution is -0.120. The molecule has 0 aliphatic carbocycles. The predicted octanol–water partition coefficient (Wildman–Crippen LogP) is 5.29. The van der Waals surface area contributed by atoms with Crippen LogP contribution in [0.4, 0.5) is 0 Å². The van der Waals surface area contributed by atoms with Gasteiger partial charge in [-0.2, -0.15) is 0 Å². The van der Waals surface area contributed by atoms with Crippen LogP contribution in [0.2, 0.25) is 5.02 Å². The van der Waals surface area contributed by atoms with Gasteiger partial charge in [0, 0.05) is 18.0 Å². The van der Waals surface area contributed by atoms with Crippen LogP contribution in [0.15, 0.2) is 66.7 Å². The number of halogens is 1. The molecule has 1 amide bonds. The number of hydrogen-bond donors (Lipinski definition) is 1. The summed E-state index contributed by atoms with van der Waals surface area (Å²) < 4.78 is 8.21. The minimum atomic E-state index is 0.0145. The van der Waals surface area contributed by atoms with Crippen LogP contribution in [-0.4, -0.2) is 28.6 Å². The molecule has 170 valence electrons. The summed E-state index contributed by atoms with van der Waals surface area (Å²) in [5, 5.41) is 3.79. The SMILES string of the molecule is Cc1cc(OCCn2c(CCNC(=O)Cc3ccccc3)nc3ccccc32)cc(C)c1Cl. The first-order valence-corrected chi connectivity index (χ1v) is 11.5. The molecule has 0 aliphatic heterocycles. The Morgan fingerprint density at radius 3 is 2.48 bits per heavy atom. The first-order valence-electron chi connectivity index (χ1n) is 11.2. The number of carbonyl (C=O) groups excluding carboxylic acids is 1. The van der Waals surface area contributed by atoms with Crippen molar-refractivity contribution in [2.24, 2.45) is 0 Å². The molecule has 0 saturated heterocycles. The highest BCUT2D eigenvalue weighted by molar-refractivity contribution is 6.32. The van der Waals surface area contributed by atoms with Crippen molar-refractivity contribution in [1.82, 2.24) is 14.9 Å². The third kappa shape index (κ3) is 5.74. The van der Waals surface area contributed by atoms with Crippen LogP contribution >= 0.6 is 11.6 Å². The second-order valence-electron chi connectivity index (χ2n) is 8.15. The summed E-state index contributed by atoms with van der Waals surface area (Å²) >= 11 is 6.27. The van der Waals surface area contributed by atoms with Gasteiger partial charge in [0.2, 0.25) is 5.91 Å². The lowest BCUT2D eigenvalue weighted by Crippen LogP contribution is -2.28. The van der Waals surface area contributed by atoms with Crippen LogP contribution in [0.5, 0.6) is 5.75 Å². The number of ether oxygens (including phenoxy) is 1. The molecule has 0 aliphatic rings. The smallest absolute Gasteiger partial charge is 0.224 e. The molecule has 33 heavy (non-hydrogen) atoms. The van der Waals surface area contributed by atoms with Gasteiger partial charge >= 0.3 is 0 Å². The maximum atomic E-state index is 12.3. The number of imidazole rings is 1. The Balaban J connectivity index is 1.39. The molecule has 0 saturated carbocycles. The predicted molar refractivity (Wildman–Crippen MR) is 133 cm³/mol. The van der Waals surface area contributed by atoms with E-state index in [2.05, 4.69) is 16.0 Å². The first-order chi connectivity index (χ1) is 16.0. The molecule has 0 unspecified atom stereocenters. The van der Waals surface area contributed by atoms with Crippen LogP contribution in [0.1, 0.15) is 22.5 Å². The highest BCUT2D eigenvalue weighted by Gasteiger charge is 2.12. The van der Waals surface area contributed by atoms with E-state index in [4.69, 9.17) is 21.3 Å². The van der Waals surface area contributed by atoms with Gasteiger partial charge in [-0.05, 0) is 54.8 Å². The molecule has 0 radical (unpaired) electrons. The minimum Gasteiger partial charge on any atom is -0.492 e. The van der Waals surface area contributed by atoms with Crippen molar-refractivity contribution in [1.29, 1.82) is 0 Å². The standard InChI is InChI=1S/C27H28ClN3O2/c1-19-16-22(17-20(2)27(19)28)33-15-14-31-24-11-7-6-10-23(24)30-25(31)12-13-29-26(32)18-21-8-4-3-5-9-21/h3-11,16-17H,12-15,18H2,1-2H3,(H,29,32). The van der Waals surface area contributed by atoms with Crippen molar-refractivity contribution in [2.45, 2.75) is 33.2 Å². The maximum absolute atomic E-state index is 12.3. The average molecular weight is 462 g/mol. The number of amides is 1. The van der Waals surface area contributed by atoms with Crippen molar-refractivity contribution in [2.75, 3.05) is 13.2 Å². The van der Waals surface area contributed by atoms with Gasteiger partial charge < -0.3 is 14.6 Å². The number of nitrogens with one attached hydrogen (secondary N) is 1. The number of hydrogen-bond acceptors (Lipinski definition) is 3. The Hall–Kier alpha value is -3.31. The number of para-hydroxylation sites is 2. The van der Waals surface area contributed by atoms with E-state index in [9.17, 15) is 4.79 Å². The van der Waals surface area contributed by atoms with Crippen molar-refractivity contribution in [3.8, 4) is 5.75 Å². The van der Waals surface area contributed by atoms with Gasteiger partial charge in [-0.1, -0.05) is 54.1 Å². The number of benzene rings is 3. The van der Waals surface area contributed by atoms with E-state index in [0.29, 0.717) is 32.5 Å². The monoisotopic (exact) mass is 461 g/mol. The van der Waals surface area contributed by atoms with Crippen LogP contribution in [0.25, 0.3) is 11.0 Å². The summed E-state index contributed by atoms with van der Waals surface area (Å²) in [6, 6.07) is 21.8. The Bertz CT molecular complexity index is 1230. The second kappa shape index (κ2) is 10.5. The van der Waals surface area contributed by atoms with Crippen LogP contribution in [0, 0.1) is 13.8 Å². The minimum absolute atomic E-state index is 0.0145. The molecule has 6 heteroatoms. The number of rotatable bonds is 9. The molecule has 0 atom stereocenters. The van der Waals surface area contributed by atoms with E-state index < -0.39 is 0 Å². The molecule has 1 heterocycles. The summed E-state index contributed by atoms with van der Waals surface area (Å²) in [5.41, 5.74) is 5.03. The fourth-order valence-corrected chi connectivity index (χ4v) is 4.08. The topological polar surface area (TPSA) is 56.1 Å². The van der Waals surface area contributed by atoms with Gasteiger partial charge in [0.25, 0.3) is 0 Å². The van der Waals surface area contributed by atoms with Crippen LogP contribution in [0.3, 0.4) is 0 Å². The third-order valence-electron chi connectivity index (χ3n) is 5.61. The van der Waals surface area contributed by atoms with Crippen molar-refractivity contribution >= 4 is 28.5 Å². The molecule has 0 bridgehead atoms. The highest BCUT2D eigenvalue weighted by atomic mass is 35.5. The molecule has 4 aromatic rings. The van der Waals surface area contributed by atoms with Gasteiger partial charge in [0.1, 0.15) is 18.2 Å². The summed E-state index contributed by atoms with van der Waals surface area (Å²) in [4.78, 5) is 17.1. The normalized spacial score (nSPS) is 11.0. The number of aryl methyl sites for hydroxylation is 2. The largest absolute Gasteiger partial charge is 0.492 e. The second-order valence-corrected chi connectivity index (χ2v) is 8.53. The number of aromatic nitrogens is 2. The third-order valence-corrected chi connectivity index (χ3v) is 6.20. The van der Waals surface area contributed by atoms with Gasteiger partial charge in [0.15, 0.2) is 0 Å². The summed E-state index contributed by atoms with van der Waals surface area (Å²) in [6.07, 6.45) is 1.03. The number of nitrogens with zero attached hydrogens (tertiary/aromatic N) is 2. The van der Waals surface area contributed by atoms with E-state index in [1.54, 1.807) is 0 Å². The van der Waals surface area contributed by atoms with Crippen LogP contribution < -0.4 is 10.1 Å². The van der Waals surface area contributed by atoms with Crippen molar-refractivity contribution < 1.29 is 9.53 Å². The average Bonchev–Trinajstić information content (AvgIpc) is 3.15. The van der Waals surface area contributed by atoms with Gasteiger partial charge in [-0.25, -0.2) is 4.98 Å². The van der Waals surface area contributed by atoms with E-state index in [1.165, 1.54) is 0 Å². The summed E-state index contributed by atoms with van der Waals surface area (Å²) in [5.74, 6) is 1.76. The fourth-order valence-electron chi connectivity index (χ4n) is 3.97. The first kappa shape index (κ1) is 22.9. The molecule has 0 spiro atoms. The summed E-state index contributed by atoms with van der Waals surface area (Å²) in [6.45, 7) is 5.67. The zero-order valence-electron chi connectivity index (χ0n) is 19.0. The van der Waals surface area contributed by atoms with E-state index in [1.807, 2.05) is 74.5 Å². The van der Waals surface area contributed by atoms with Gasteiger partial charge in [0.05, 0.1) is 24.0 Å². The molecule has 3 aromatic carbocycles. The molecular weight excluding hydrogens is 434 g/mol. The Kier molecular flexibility index (Phi) is 7.30. The maximum Gasteiger partial charge on any atom is 0.224 e. The molecular formula is C27H28ClN3O2. The highest BCUT2D eigenvalue weighted by Crippen LogP contribution is 2.26. The summed E-state index contributed by atoms with van der Waals surface area (Å²) in [7, 11) is 0. The van der Waals surface area contributed by atoms with Crippen molar-refractivity contribution in [3.63, 3.8) is 0 Å². The fraction of sp³-hybridized carbons (Fsp3) is 0.259. The lowest BCUT2D eigenvalue weighted by Gasteiger charge is -2.13. The quantitative estimate of drug-likeness (QED) is 0.368. The Labute approximate surface area is 199 Å². The zero-order valence-corrected chi connectivity index (χ0v) is 19.7. The van der Waals surface area contributed by atoms with E-state index in [-0.39, 0.29) is 5.91 Å². The molecule has 1 N–H and O–H groups in total. The van der Waals surface area contributed by atoms with E-state index >= 15 is 0 Å². The van der Waals surface area contributed by atoms with Crippen LogP contribution in [-0.2, 0) is 24.2 Å². The molecule has 1 aromatic heterocycles. The number of carbonyl (C=O) groups is 1. The van der Waals surface area contributed by atoms with Gasteiger partial charge in [-0.3, -0.25) is 4.79 Å². The Morgan fingerprint density at radius 1 is 1.03 bits per heavy atom.